The number of nitrogens with zero attached hydrogens (tertiary/aromatic N) is 2. The molecule has 3 aliphatic rings. The summed E-state index contributed by atoms with van der Waals surface area (Å²) in [6.45, 7) is 4.92. The Morgan fingerprint density at radius 1 is 1.26 bits per heavy atom. The van der Waals surface area contributed by atoms with Gasteiger partial charge in [-0.1, -0.05) is 23.7 Å². The largest absolute Gasteiger partial charge is 0.474 e. The molecule has 1 N–H and O–H groups in total. The summed E-state index contributed by atoms with van der Waals surface area (Å²) >= 11 is 5.89. The molecule has 2 aliphatic heterocycles. The van der Waals surface area contributed by atoms with Crippen LogP contribution in [0.1, 0.15) is 12.0 Å². The lowest BCUT2D eigenvalue weighted by atomic mass is 10.0. The van der Waals surface area contributed by atoms with E-state index in [2.05, 4.69) is 15.2 Å². The van der Waals surface area contributed by atoms with E-state index in [1.807, 2.05) is 0 Å². The molecular formula is C23H24ClN3O4. The molecule has 7 nitrogen and oxygen atoms in total. The fourth-order valence-corrected chi connectivity index (χ4v) is 3.64. The Morgan fingerprint density at radius 3 is 2.81 bits per heavy atom. The van der Waals surface area contributed by atoms with Crippen molar-refractivity contribution >= 4 is 35.2 Å². The molecule has 31 heavy (non-hydrogen) atoms. The van der Waals surface area contributed by atoms with Gasteiger partial charge in [-0.3, -0.25) is 14.5 Å². The minimum atomic E-state index is -0.492. The normalized spacial score (nSPS) is 22.4. The van der Waals surface area contributed by atoms with Crippen molar-refractivity contribution in [2.24, 2.45) is 4.99 Å². The Hall–Kier alpha value is -2.74. The predicted molar refractivity (Wildman–Crippen MR) is 119 cm³/mol. The molecule has 0 saturated carbocycles. The van der Waals surface area contributed by atoms with Gasteiger partial charge in [-0.2, -0.15) is 0 Å². The predicted octanol–water partition coefficient (Wildman–Crippen LogP) is 2.38. The third-order valence-electron chi connectivity index (χ3n) is 5.21. The smallest absolute Gasteiger partial charge is 0.312 e. The number of halogens is 1. The number of carbonyl (C=O) groups excluding carboxylic acids is 2. The molecule has 1 aromatic rings. The van der Waals surface area contributed by atoms with Gasteiger partial charge in [-0.05, 0) is 55.0 Å². The molecule has 2 heterocycles. The fraction of sp³-hybridized carbons (Fsp3) is 0.348. The molecule has 0 spiro atoms. The highest BCUT2D eigenvalue weighted by molar-refractivity contribution is 6.30. The topological polar surface area (TPSA) is 80.2 Å². The minimum absolute atomic E-state index is 0.158. The van der Waals surface area contributed by atoms with Crippen molar-refractivity contribution in [3.63, 3.8) is 0 Å². The SMILES string of the molecule is O=C(NCCCN1CCOCC1)C1=CC2=NC(=O)/C(=C/c3ccc(Cl)cc3)OC2C=C1. The van der Waals surface area contributed by atoms with Crippen LogP contribution in [-0.2, 0) is 19.1 Å². The number of hydrogen-bond donors (Lipinski definition) is 1. The Bertz CT molecular complexity index is 960. The highest BCUT2D eigenvalue weighted by Gasteiger charge is 2.29. The van der Waals surface area contributed by atoms with E-state index in [9.17, 15) is 9.59 Å². The molecule has 0 bridgehead atoms. The standard InChI is InChI=1S/C23H24ClN3O4/c24-18-5-2-16(3-6-18)14-21-23(29)26-19-15-17(4-7-20(19)31-21)22(28)25-8-1-9-27-10-12-30-13-11-27/h2-7,14-15,20H,1,8-13H2,(H,25,28)/b21-14-. The molecule has 0 aromatic heterocycles. The van der Waals surface area contributed by atoms with Gasteiger partial charge in [0.15, 0.2) is 11.9 Å². The van der Waals surface area contributed by atoms with Crippen LogP contribution in [-0.4, -0.2) is 67.9 Å². The van der Waals surface area contributed by atoms with Crippen molar-refractivity contribution < 1.29 is 19.1 Å². The summed E-state index contributed by atoms with van der Waals surface area (Å²) < 4.78 is 11.1. The molecular weight excluding hydrogens is 418 g/mol. The third kappa shape index (κ3) is 5.70. The van der Waals surface area contributed by atoms with Gasteiger partial charge in [0.25, 0.3) is 5.91 Å². The number of hydrogen-bond acceptors (Lipinski definition) is 5. The minimum Gasteiger partial charge on any atom is -0.474 e. The van der Waals surface area contributed by atoms with Crippen LogP contribution in [0.4, 0.5) is 0 Å². The van der Waals surface area contributed by atoms with E-state index in [0.29, 0.717) is 22.9 Å². The van der Waals surface area contributed by atoms with Crippen molar-refractivity contribution in [2.75, 3.05) is 39.4 Å². The van der Waals surface area contributed by atoms with E-state index in [-0.39, 0.29) is 11.7 Å². The molecule has 2 amide bonds. The monoisotopic (exact) mass is 441 g/mol. The number of morpholine rings is 1. The summed E-state index contributed by atoms with van der Waals surface area (Å²) in [5.74, 6) is -0.502. The maximum Gasteiger partial charge on any atom is 0.312 e. The molecule has 162 valence electrons. The van der Waals surface area contributed by atoms with Gasteiger partial charge in [0.05, 0.1) is 18.9 Å². The summed E-state index contributed by atoms with van der Waals surface area (Å²) in [5.41, 5.74) is 1.68. The second-order valence-electron chi connectivity index (χ2n) is 7.46. The fourth-order valence-electron chi connectivity index (χ4n) is 3.51. The first-order valence-corrected chi connectivity index (χ1v) is 10.7. The number of benzene rings is 1. The summed E-state index contributed by atoms with van der Waals surface area (Å²) in [6, 6.07) is 7.07. The number of aliphatic imine (C=N–C) groups is 1. The van der Waals surface area contributed by atoms with Gasteiger partial charge < -0.3 is 14.8 Å². The Labute approximate surface area is 186 Å². The van der Waals surface area contributed by atoms with Crippen molar-refractivity contribution in [3.05, 3.63) is 64.4 Å². The average molecular weight is 442 g/mol. The van der Waals surface area contributed by atoms with Crippen molar-refractivity contribution in [3.8, 4) is 0 Å². The number of nitrogens with one attached hydrogen (secondary N) is 1. The Morgan fingerprint density at radius 2 is 2.03 bits per heavy atom. The van der Waals surface area contributed by atoms with E-state index in [4.69, 9.17) is 21.1 Å². The summed E-state index contributed by atoms with van der Waals surface area (Å²) in [4.78, 5) is 31.3. The first-order valence-electron chi connectivity index (χ1n) is 10.3. The van der Waals surface area contributed by atoms with Gasteiger partial charge in [-0.15, -0.1) is 0 Å². The summed E-state index contributed by atoms with van der Waals surface area (Å²) in [6.07, 6.45) is 7.06. The van der Waals surface area contributed by atoms with Crippen LogP contribution < -0.4 is 5.32 Å². The summed E-state index contributed by atoms with van der Waals surface area (Å²) in [5, 5.41) is 3.54. The quantitative estimate of drug-likeness (QED) is 0.541. The van der Waals surface area contributed by atoms with Crippen molar-refractivity contribution in [1.29, 1.82) is 0 Å². The summed E-state index contributed by atoms with van der Waals surface area (Å²) in [7, 11) is 0. The van der Waals surface area contributed by atoms with Crippen LogP contribution in [0.15, 0.2) is 58.8 Å². The molecule has 0 radical (unpaired) electrons. The van der Waals surface area contributed by atoms with Gasteiger partial charge in [0.2, 0.25) is 0 Å². The second-order valence-corrected chi connectivity index (χ2v) is 7.90. The highest BCUT2D eigenvalue weighted by Crippen LogP contribution is 2.23. The molecule has 1 fully saturated rings. The lowest BCUT2D eigenvalue weighted by Gasteiger charge is -2.26. The van der Waals surface area contributed by atoms with Crippen LogP contribution in [0.25, 0.3) is 6.08 Å². The first kappa shape index (κ1) is 21.5. The highest BCUT2D eigenvalue weighted by atomic mass is 35.5. The molecule has 8 heteroatoms. The van der Waals surface area contributed by atoms with Crippen LogP contribution >= 0.6 is 11.6 Å². The molecule has 4 rings (SSSR count). The molecule has 1 saturated heterocycles. The average Bonchev–Trinajstić information content (AvgIpc) is 2.79. The van der Waals surface area contributed by atoms with Crippen molar-refractivity contribution in [1.82, 2.24) is 10.2 Å². The Balaban J connectivity index is 1.33. The van der Waals surface area contributed by atoms with Gasteiger partial charge in [0.1, 0.15) is 0 Å². The van der Waals surface area contributed by atoms with Crippen LogP contribution in [0.5, 0.6) is 0 Å². The zero-order chi connectivity index (χ0) is 21.6. The second kappa shape index (κ2) is 10.0. The van der Waals surface area contributed by atoms with Gasteiger partial charge in [-0.25, -0.2) is 4.99 Å². The number of amides is 2. The lowest BCUT2D eigenvalue weighted by molar-refractivity contribution is -0.119. The maximum absolute atomic E-state index is 12.5. The lowest BCUT2D eigenvalue weighted by Crippen LogP contribution is -2.38. The molecule has 1 aromatic carbocycles. The van der Waals surface area contributed by atoms with Gasteiger partial charge >= 0.3 is 5.91 Å². The number of fused-ring (bicyclic) bond motifs is 1. The van der Waals surface area contributed by atoms with Crippen molar-refractivity contribution in [2.45, 2.75) is 12.5 Å². The van der Waals surface area contributed by atoms with Crippen LogP contribution in [0.2, 0.25) is 5.02 Å². The third-order valence-corrected chi connectivity index (χ3v) is 5.46. The van der Waals surface area contributed by atoms with E-state index in [1.165, 1.54) is 0 Å². The zero-order valence-corrected chi connectivity index (χ0v) is 17.8. The van der Waals surface area contributed by atoms with Crippen LogP contribution in [0.3, 0.4) is 0 Å². The zero-order valence-electron chi connectivity index (χ0n) is 17.1. The number of carbonyl (C=O) groups is 2. The molecule has 1 unspecified atom stereocenters. The van der Waals surface area contributed by atoms with E-state index in [1.54, 1.807) is 48.6 Å². The van der Waals surface area contributed by atoms with E-state index in [0.717, 1.165) is 44.8 Å². The molecule has 1 atom stereocenters. The first-order chi connectivity index (χ1) is 15.1. The van der Waals surface area contributed by atoms with E-state index < -0.39 is 12.0 Å². The van der Waals surface area contributed by atoms with Gasteiger partial charge in [0, 0.05) is 30.2 Å². The van der Waals surface area contributed by atoms with Crippen LogP contribution in [0, 0.1) is 0 Å². The number of ether oxygens (including phenoxy) is 2. The maximum atomic E-state index is 12.5. The van der Waals surface area contributed by atoms with E-state index >= 15 is 0 Å². The number of rotatable bonds is 6. The Kier molecular flexibility index (Phi) is 6.96. The molecule has 1 aliphatic carbocycles.